The monoisotopic (exact) mass is 671 g/mol. The Morgan fingerprint density at radius 2 is 1.04 bits per heavy atom. The quantitative estimate of drug-likeness (QED) is 0.139. The highest BCUT2D eigenvalue weighted by atomic mass is 15.0. The fourth-order valence-electron chi connectivity index (χ4n) is 8.63. The Morgan fingerprint density at radius 1 is 0.415 bits per heavy atom. The van der Waals surface area contributed by atoms with Gasteiger partial charge in [-0.05, 0) is 114 Å². The Kier molecular flexibility index (Phi) is 6.32. The minimum Gasteiger partial charge on any atom is -0.292 e. The molecule has 0 amide bonds. The van der Waals surface area contributed by atoms with Gasteiger partial charge in [0.15, 0.2) is 0 Å². The van der Waals surface area contributed by atoms with Crippen molar-refractivity contribution < 1.29 is 0 Å². The van der Waals surface area contributed by atoms with E-state index in [-0.39, 0.29) is 0 Å². The predicted molar refractivity (Wildman–Crippen MR) is 221 cm³/mol. The van der Waals surface area contributed by atoms with Crippen LogP contribution in [0.15, 0.2) is 176 Å². The number of hydrogen-bond acceptors (Lipinski definition) is 2. The highest BCUT2D eigenvalue weighted by molar-refractivity contribution is 6.23. The number of para-hydroxylation sites is 2. The van der Waals surface area contributed by atoms with Gasteiger partial charge in [-0.25, -0.2) is 4.98 Å². The minimum absolute atomic E-state index is 0.630. The van der Waals surface area contributed by atoms with E-state index in [0.717, 1.165) is 49.5 Å². The van der Waals surface area contributed by atoms with Crippen LogP contribution in [0.4, 0.5) is 0 Å². The lowest BCUT2D eigenvalue weighted by Crippen LogP contribution is -1.93. The van der Waals surface area contributed by atoms with Crippen LogP contribution < -0.4 is 0 Å². The molecule has 0 saturated carbocycles. The van der Waals surface area contributed by atoms with E-state index in [9.17, 15) is 5.26 Å². The van der Waals surface area contributed by atoms with Gasteiger partial charge in [-0.3, -0.25) is 4.40 Å². The van der Waals surface area contributed by atoms with Gasteiger partial charge < -0.3 is 0 Å². The Morgan fingerprint density at radius 3 is 1.83 bits per heavy atom. The van der Waals surface area contributed by atoms with Crippen LogP contribution in [0.5, 0.6) is 0 Å². The van der Waals surface area contributed by atoms with E-state index in [1.165, 1.54) is 54.6 Å². The molecule has 0 radical (unpaired) electrons. The van der Waals surface area contributed by atoms with Crippen molar-refractivity contribution >= 4 is 70.7 Å². The lowest BCUT2D eigenvalue weighted by atomic mass is 9.84. The summed E-state index contributed by atoms with van der Waals surface area (Å²) in [5.41, 5.74) is 11.7. The second-order valence-corrected chi connectivity index (χ2v) is 13.8. The molecule has 0 aliphatic heterocycles. The Bertz CT molecular complexity index is 3300. The number of nitrogens with zero attached hydrogens (tertiary/aromatic N) is 3. The Labute approximate surface area is 305 Å². The van der Waals surface area contributed by atoms with Gasteiger partial charge in [-0.15, -0.1) is 0 Å². The van der Waals surface area contributed by atoms with Crippen molar-refractivity contribution in [1.29, 1.82) is 5.26 Å². The van der Waals surface area contributed by atoms with Gasteiger partial charge in [-0.1, -0.05) is 133 Å². The van der Waals surface area contributed by atoms with Crippen LogP contribution in [0.2, 0.25) is 0 Å². The Hall–Kier alpha value is -7.28. The molecule has 3 nitrogen and oxygen atoms in total. The largest absolute Gasteiger partial charge is 0.292 e. The second kappa shape index (κ2) is 11.4. The summed E-state index contributed by atoms with van der Waals surface area (Å²) in [5, 5.41) is 20.6. The van der Waals surface area contributed by atoms with Crippen LogP contribution in [0.1, 0.15) is 5.56 Å². The molecule has 53 heavy (non-hydrogen) atoms. The van der Waals surface area contributed by atoms with Crippen LogP contribution in [-0.4, -0.2) is 9.38 Å². The molecule has 2 heterocycles. The summed E-state index contributed by atoms with van der Waals surface area (Å²) in [6, 6.07) is 65.3. The molecule has 0 bridgehead atoms. The molecule has 11 aromatic rings. The molecule has 0 fully saturated rings. The molecule has 2 aromatic heterocycles. The summed E-state index contributed by atoms with van der Waals surface area (Å²) >= 11 is 0. The van der Waals surface area contributed by atoms with Gasteiger partial charge in [0.05, 0.1) is 28.2 Å². The number of fused-ring (bicyclic) bond motifs is 11. The van der Waals surface area contributed by atoms with E-state index < -0.39 is 0 Å². The summed E-state index contributed by atoms with van der Waals surface area (Å²) in [5.74, 6) is 0. The van der Waals surface area contributed by atoms with Crippen molar-refractivity contribution in [2.24, 2.45) is 0 Å². The summed E-state index contributed by atoms with van der Waals surface area (Å²) in [7, 11) is 0. The van der Waals surface area contributed by atoms with E-state index in [1.54, 1.807) is 0 Å². The number of imidazole rings is 1. The average molecular weight is 672 g/mol. The van der Waals surface area contributed by atoms with Crippen LogP contribution >= 0.6 is 0 Å². The van der Waals surface area contributed by atoms with Crippen molar-refractivity contribution in [3.05, 3.63) is 181 Å². The van der Waals surface area contributed by atoms with Gasteiger partial charge in [0.2, 0.25) is 0 Å². The van der Waals surface area contributed by atoms with Gasteiger partial charge in [0, 0.05) is 10.8 Å². The highest BCUT2D eigenvalue weighted by Gasteiger charge is 2.19. The molecule has 9 aromatic carbocycles. The standard InChI is InChI=1S/C50H29N3/c51-30-31-23-25-37-44-29-34(24-26-43(44)50-52-45-21-7-8-22-46(45)53(50)47(37)27-31)33-13-9-14-35(28-33)48-39-16-3-5-18-41(39)49(42-19-6-4-17-40(42)48)38-20-10-12-32-11-1-2-15-36(32)38/h1-29H. The van der Waals surface area contributed by atoms with Crippen LogP contribution in [0, 0.1) is 11.3 Å². The zero-order valence-electron chi connectivity index (χ0n) is 28.6. The highest BCUT2D eigenvalue weighted by Crippen LogP contribution is 2.46. The zero-order valence-corrected chi connectivity index (χ0v) is 28.6. The maximum atomic E-state index is 9.83. The summed E-state index contributed by atoms with van der Waals surface area (Å²) in [4.78, 5) is 5.09. The number of hydrogen-bond donors (Lipinski definition) is 0. The fourth-order valence-corrected chi connectivity index (χ4v) is 8.63. The van der Waals surface area contributed by atoms with E-state index in [0.29, 0.717) is 5.56 Å². The van der Waals surface area contributed by atoms with Crippen LogP contribution in [-0.2, 0) is 0 Å². The molecule has 0 unspecified atom stereocenters. The van der Waals surface area contributed by atoms with Crippen molar-refractivity contribution in [2.45, 2.75) is 0 Å². The number of benzene rings is 9. The molecule has 0 spiro atoms. The first-order chi connectivity index (χ1) is 26.2. The lowest BCUT2D eigenvalue weighted by molar-refractivity contribution is 1.31. The molecule has 0 atom stereocenters. The number of rotatable bonds is 3. The van der Waals surface area contributed by atoms with Crippen LogP contribution in [0.25, 0.3) is 104 Å². The van der Waals surface area contributed by atoms with Gasteiger partial charge in [-0.2, -0.15) is 5.26 Å². The number of nitriles is 1. The number of pyridine rings is 1. The van der Waals surface area contributed by atoms with Crippen LogP contribution in [0.3, 0.4) is 0 Å². The normalized spacial score (nSPS) is 11.8. The molecule has 11 rings (SSSR count). The van der Waals surface area contributed by atoms with E-state index in [4.69, 9.17) is 4.98 Å². The minimum atomic E-state index is 0.630. The third-order valence-corrected chi connectivity index (χ3v) is 11.0. The predicted octanol–water partition coefficient (Wildman–Crippen LogP) is 13.1. The maximum absolute atomic E-state index is 9.83. The molecule has 0 N–H and O–H groups in total. The fraction of sp³-hybridized carbons (Fsp3) is 0. The van der Waals surface area contributed by atoms with E-state index in [1.807, 2.05) is 24.3 Å². The molecular weight excluding hydrogens is 643 g/mol. The molecule has 244 valence electrons. The molecular formula is C50H29N3. The van der Waals surface area contributed by atoms with Crippen molar-refractivity contribution in [2.75, 3.05) is 0 Å². The Balaban J connectivity index is 1.15. The SMILES string of the molecule is N#Cc1ccc2c3cc(-c4cccc(-c5c6ccccc6c(-c6cccc7ccccc67)c6ccccc56)c4)ccc3c3nc4ccccc4n3c2c1. The van der Waals surface area contributed by atoms with Gasteiger partial charge in [0.25, 0.3) is 0 Å². The molecule has 3 heteroatoms. The zero-order chi connectivity index (χ0) is 35.0. The van der Waals surface area contributed by atoms with E-state index in [2.05, 4.69) is 162 Å². The summed E-state index contributed by atoms with van der Waals surface area (Å²) in [6.45, 7) is 0. The van der Waals surface area contributed by atoms with Gasteiger partial charge in [0.1, 0.15) is 5.65 Å². The van der Waals surface area contributed by atoms with Crippen molar-refractivity contribution in [3.8, 4) is 39.4 Å². The first-order valence-corrected chi connectivity index (χ1v) is 17.9. The smallest absolute Gasteiger partial charge is 0.146 e. The van der Waals surface area contributed by atoms with Gasteiger partial charge >= 0.3 is 0 Å². The third kappa shape index (κ3) is 4.37. The summed E-state index contributed by atoms with van der Waals surface area (Å²) in [6.07, 6.45) is 0. The average Bonchev–Trinajstić information content (AvgIpc) is 3.62. The van der Waals surface area contributed by atoms with E-state index >= 15 is 0 Å². The first kappa shape index (κ1) is 29.5. The maximum Gasteiger partial charge on any atom is 0.146 e. The molecule has 0 saturated heterocycles. The topological polar surface area (TPSA) is 41.1 Å². The van der Waals surface area contributed by atoms with Crippen molar-refractivity contribution in [1.82, 2.24) is 9.38 Å². The molecule has 0 aliphatic rings. The molecule has 0 aliphatic carbocycles. The third-order valence-electron chi connectivity index (χ3n) is 11.0. The second-order valence-electron chi connectivity index (χ2n) is 13.8. The number of aromatic nitrogens is 2. The summed E-state index contributed by atoms with van der Waals surface area (Å²) < 4.78 is 2.20. The lowest BCUT2D eigenvalue weighted by Gasteiger charge is -2.19. The first-order valence-electron chi connectivity index (χ1n) is 17.9. The van der Waals surface area contributed by atoms with Crippen molar-refractivity contribution in [3.63, 3.8) is 0 Å².